The van der Waals surface area contributed by atoms with Crippen LogP contribution in [-0.2, 0) is 29.3 Å². The van der Waals surface area contributed by atoms with Crippen LogP contribution in [0.25, 0.3) is 16.9 Å². The van der Waals surface area contributed by atoms with E-state index < -0.39 is 0 Å². The summed E-state index contributed by atoms with van der Waals surface area (Å²) in [5.41, 5.74) is 22.1. The molecule has 1 aliphatic rings. The van der Waals surface area contributed by atoms with Crippen molar-refractivity contribution in [2.45, 2.75) is 156 Å². The van der Waals surface area contributed by atoms with Gasteiger partial charge >= 0.3 is 16.5 Å². The molecule has 0 N–H and O–H groups in total. The quantitative estimate of drug-likeness (QED) is 0.0521. The van der Waals surface area contributed by atoms with Crippen LogP contribution < -0.4 is 0 Å². The van der Waals surface area contributed by atoms with E-state index in [1.807, 2.05) is 0 Å². The largest absolute Gasteiger partial charge is 2.00 e. The first kappa shape index (κ1) is 43.0. The van der Waals surface area contributed by atoms with Gasteiger partial charge < -0.3 is 20.4 Å². The number of aryl methyl sites for hydroxylation is 2. The van der Waals surface area contributed by atoms with Gasteiger partial charge in [0.25, 0.3) is 0 Å². The topological polar surface area (TPSA) is 25.3 Å². The van der Waals surface area contributed by atoms with Crippen molar-refractivity contribution in [1.82, 2.24) is 0 Å². The standard InChI is InChI=1S/C40H60N2.2CH3.Ni/c1-5-9-13-15-16-20-30-38-37(29-19-14-10-6-2)39(35-27-21-25-33(31-35)23-17-11-7-3)42(41)40(38)36-28-22-26-34(32-36)24-18-12-8-4;;;/h21-22,25-28,31-32H,5-20,23-24,29-30H2,1-4H3;2*1H3;/q;2*-1;+2. The van der Waals surface area contributed by atoms with Gasteiger partial charge in [0, 0.05) is 22.3 Å². The third kappa shape index (κ3) is 13.7. The molecular weight excluding hydrogens is 591 g/mol. The molecule has 2 aromatic rings. The van der Waals surface area contributed by atoms with Gasteiger partial charge in [0.1, 0.15) is 0 Å². The Morgan fingerprint density at radius 1 is 0.467 bits per heavy atom. The van der Waals surface area contributed by atoms with Crippen molar-refractivity contribution in [1.29, 1.82) is 0 Å². The predicted molar refractivity (Wildman–Crippen MR) is 196 cm³/mol. The van der Waals surface area contributed by atoms with Crippen LogP contribution in [0.1, 0.15) is 166 Å². The zero-order chi connectivity index (χ0) is 30.0. The van der Waals surface area contributed by atoms with Gasteiger partial charge in [-0.25, -0.2) is 4.70 Å². The first-order valence-electron chi connectivity index (χ1n) is 17.8. The number of unbranched alkanes of at least 4 members (excludes halogenated alkanes) is 12. The van der Waals surface area contributed by atoms with Gasteiger partial charge in [-0.05, 0) is 86.8 Å². The fourth-order valence-electron chi connectivity index (χ4n) is 6.50. The van der Waals surface area contributed by atoms with Gasteiger partial charge in [-0.15, -0.1) is 0 Å². The van der Waals surface area contributed by atoms with Crippen molar-refractivity contribution in [2.75, 3.05) is 0 Å². The van der Waals surface area contributed by atoms with E-state index in [1.54, 1.807) is 4.70 Å². The molecule has 0 radical (unpaired) electrons. The van der Waals surface area contributed by atoms with Gasteiger partial charge in [-0.3, -0.25) is 0 Å². The van der Waals surface area contributed by atoms with E-state index in [4.69, 9.17) is 0 Å². The second-order valence-electron chi connectivity index (χ2n) is 12.6. The normalized spacial score (nSPS) is 12.7. The van der Waals surface area contributed by atoms with Crippen LogP contribution in [0, 0.1) is 14.9 Å². The minimum absolute atomic E-state index is 0. The second kappa shape index (κ2) is 25.1. The fourth-order valence-corrected chi connectivity index (χ4v) is 6.50. The summed E-state index contributed by atoms with van der Waals surface area (Å²) in [6.07, 6.45) is 24.5. The molecule has 0 saturated heterocycles. The molecular formula is C42H66N2Ni. The summed E-state index contributed by atoms with van der Waals surface area (Å²) in [4.78, 5) is 0. The minimum Gasteiger partial charge on any atom is -0.493 e. The number of nitrogens with zero attached hydrogens (tertiary/aromatic N) is 2. The average molecular weight is 658 g/mol. The number of allylic oxidation sites excluding steroid dienone is 2. The Balaban J connectivity index is 0.00000645. The summed E-state index contributed by atoms with van der Waals surface area (Å²) in [5.74, 6) is 0. The minimum atomic E-state index is 0. The summed E-state index contributed by atoms with van der Waals surface area (Å²) >= 11 is 0. The van der Waals surface area contributed by atoms with Crippen LogP contribution in [0.2, 0.25) is 0 Å². The SMILES string of the molecule is CCCCCCCCC1=C(c2cccc(CCCCC)c2)[N+](=[N-])C(c2cccc(CCCCC)c2)=C1CCCCCC.[CH3-].[CH3-].[Ni+2]. The van der Waals surface area contributed by atoms with E-state index >= 15 is 0 Å². The monoisotopic (exact) mass is 656 g/mol. The maximum atomic E-state index is 12.1. The Morgan fingerprint density at radius 2 is 0.800 bits per heavy atom. The summed E-state index contributed by atoms with van der Waals surface area (Å²) < 4.78 is 1.60. The fraction of sp³-hybridized carbons (Fsp3) is 0.571. The second-order valence-corrected chi connectivity index (χ2v) is 12.6. The van der Waals surface area contributed by atoms with Crippen LogP contribution in [-0.4, -0.2) is 4.70 Å². The molecule has 0 bridgehead atoms. The molecule has 0 spiro atoms. The first-order chi connectivity index (χ1) is 20.6. The Morgan fingerprint density at radius 3 is 1.22 bits per heavy atom. The van der Waals surface area contributed by atoms with Crippen LogP contribution in [0.4, 0.5) is 0 Å². The first-order valence-corrected chi connectivity index (χ1v) is 17.8. The number of hydrogen-bond acceptors (Lipinski definition) is 0. The van der Waals surface area contributed by atoms with Gasteiger partial charge in [0.15, 0.2) is 0 Å². The molecule has 0 fully saturated rings. The van der Waals surface area contributed by atoms with Crippen LogP contribution in [0.5, 0.6) is 0 Å². The van der Waals surface area contributed by atoms with Gasteiger partial charge in [0.2, 0.25) is 11.4 Å². The Labute approximate surface area is 290 Å². The predicted octanol–water partition coefficient (Wildman–Crippen LogP) is 13.9. The average Bonchev–Trinajstić information content (AvgIpc) is 3.28. The summed E-state index contributed by atoms with van der Waals surface area (Å²) in [5, 5.41) is 0. The van der Waals surface area contributed by atoms with Crippen molar-refractivity contribution < 1.29 is 21.2 Å². The van der Waals surface area contributed by atoms with E-state index in [1.165, 1.54) is 136 Å². The Kier molecular flexibility index (Phi) is 24.0. The van der Waals surface area contributed by atoms with Crippen LogP contribution in [0.15, 0.2) is 59.7 Å². The van der Waals surface area contributed by atoms with Crippen LogP contribution in [0.3, 0.4) is 0 Å². The summed E-state index contributed by atoms with van der Waals surface area (Å²) in [6, 6.07) is 18.1. The molecule has 0 aromatic heterocycles. The van der Waals surface area contributed by atoms with E-state index in [-0.39, 0.29) is 31.3 Å². The molecule has 254 valence electrons. The summed E-state index contributed by atoms with van der Waals surface area (Å²) in [6.45, 7) is 9.12. The van der Waals surface area contributed by atoms with E-state index in [0.717, 1.165) is 37.1 Å². The molecule has 2 nitrogen and oxygen atoms in total. The van der Waals surface area contributed by atoms with Crippen molar-refractivity contribution in [3.8, 4) is 0 Å². The van der Waals surface area contributed by atoms with E-state index in [9.17, 15) is 5.53 Å². The summed E-state index contributed by atoms with van der Waals surface area (Å²) in [7, 11) is 0. The number of rotatable bonds is 22. The third-order valence-electron chi connectivity index (χ3n) is 8.96. The number of hydrogen-bond donors (Lipinski definition) is 0. The molecule has 3 rings (SSSR count). The van der Waals surface area contributed by atoms with Crippen LogP contribution >= 0.6 is 0 Å². The molecule has 2 aromatic carbocycles. The maximum absolute atomic E-state index is 12.1. The smallest absolute Gasteiger partial charge is 0.493 e. The van der Waals surface area contributed by atoms with E-state index in [0.29, 0.717) is 0 Å². The van der Waals surface area contributed by atoms with Crippen molar-refractivity contribution >= 4 is 11.4 Å². The molecule has 0 aliphatic carbocycles. The molecule has 1 heterocycles. The molecule has 0 amide bonds. The molecule has 0 atom stereocenters. The zero-order valence-corrected chi connectivity index (χ0v) is 31.0. The zero-order valence-electron chi connectivity index (χ0n) is 30.0. The Bertz CT molecular complexity index is 1160. The van der Waals surface area contributed by atoms with Crippen molar-refractivity contribution in [3.63, 3.8) is 0 Å². The molecule has 45 heavy (non-hydrogen) atoms. The molecule has 0 saturated carbocycles. The van der Waals surface area contributed by atoms with Crippen molar-refractivity contribution in [3.05, 3.63) is 102 Å². The molecule has 0 unspecified atom stereocenters. The van der Waals surface area contributed by atoms with Gasteiger partial charge in [0.05, 0.1) is 0 Å². The van der Waals surface area contributed by atoms with E-state index in [2.05, 4.69) is 76.2 Å². The third-order valence-corrected chi connectivity index (χ3v) is 8.96. The van der Waals surface area contributed by atoms with Gasteiger partial charge in [-0.2, -0.15) is 0 Å². The maximum Gasteiger partial charge on any atom is 2.00 e. The molecule has 3 heteroatoms. The Hall–Kier alpha value is -1.99. The van der Waals surface area contributed by atoms with Gasteiger partial charge in [-0.1, -0.05) is 129 Å². The van der Waals surface area contributed by atoms with Crippen molar-refractivity contribution in [2.24, 2.45) is 0 Å². The number of benzene rings is 2. The molecule has 1 aliphatic heterocycles.